The molecular weight excluding hydrogens is 266 g/mol. The van der Waals surface area contributed by atoms with Crippen LogP contribution >= 0.6 is 0 Å². The lowest BCUT2D eigenvalue weighted by Crippen LogP contribution is -2.34. The molecular formula is C17H17NO3. The van der Waals surface area contributed by atoms with Gasteiger partial charge < -0.3 is 14.7 Å². The number of nitrogens with zero attached hydrogens (tertiary/aromatic N) is 1. The zero-order chi connectivity index (χ0) is 15.0. The summed E-state index contributed by atoms with van der Waals surface area (Å²) < 4.78 is 12.0. The standard InChI is InChI=1S/C17H17NO3/c1-11-4-9-16-15(10-11)18(19)17(12(2)21-16)13-5-7-14(20-3)8-6-13/h4-10,12H,1-3H3. The fourth-order valence-electron chi connectivity index (χ4n) is 2.54. The molecule has 0 bridgehead atoms. The minimum atomic E-state index is -0.300. The van der Waals surface area contributed by atoms with Gasteiger partial charge in [0.1, 0.15) is 5.75 Å². The molecule has 0 saturated carbocycles. The molecule has 21 heavy (non-hydrogen) atoms. The average Bonchev–Trinajstić information content (AvgIpc) is 2.49. The van der Waals surface area contributed by atoms with E-state index in [1.165, 1.54) is 0 Å². The molecule has 4 heteroatoms. The Balaban J connectivity index is 2.12. The van der Waals surface area contributed by atoms with Gasteiger partial charge in [0.2, 0.25) is 5.71 Å². The van der Waals surface area contributed by atoms with E-state index in [2.05, 4.69) is 0 Å². The Labute approximate surface area is 123 Å². The van der Waals surface area contributed by atoms with Crippen LogP contribution in [0.2, 0.25) is 0 Å². The van der Waals surface area contributed by atoms with Gasteiger partial charge in [-0.15, -0.1) is 0 Å². The highest BCUT2D eigenvalue weighted by Gasteiger charge is 2.31. The van der Waals surface area contributed by atoms with Crippen molar-refractivity contribution in [1.29, 1.82) is 0 Å². The molecule has 1 atom stereocenters. The molecule has 1 unspecified atom stereocenters. The van der Waals surface area contributed by atoms with Crippen LogP contribution in [0, 0.1) is 12.1 Å². The third kappa shape index (κ3) is 2.33. The van der Waals surface area contributed by atoms with Crippen LogP contribution in [0.5, 0.6) is 11.5 Å². The lowest BCUT2D eigenvalue weighted by atomic mass is 10.0. The molecule has 4 nitrogen and oxygen atoms in total. The van der Waals surface area contributed by atoms with Gasteiger partial charge in [-0.25, -0.2) is 0 Å². The van der Waals surface area contributed by atoms with Crippen molar-refractivity contribution >= 4 is 11.4 Å². The Morgan fingerprint density at radius 3 is 2.52 bits per heavy atom. The second-order valence-electron chi connectivity index (χ2n) is 5.14. The van der Waals surface area contributed by atoms with Gasteiger partial charge in [-0.3, -0.25) is 0 Å². The lowest BCUT2D eigenvalue weighted by molar-refractivity contribution is -0.370. The molecule has 1 heterocycles. The highest BCUT2D eigenvalue weighted by molar-refractivity contribution is 6.01. The van der Waals surface area contributed by atoms with Crippen LogP contribution in [0.1, 0.15) is 18.1 Å². The first-order valence-electron chi connectivity index (χ1n) is 6.86. The summed E-state index contributed by atoms with van der Waals surface area (Å²) in [5.41, 5.74) is 3.03. The topological polar surface area (TPSA) is 44.5 Å². The maximum absolute atomic E-state index is 12.7. The summed E-state index contributed by atoms with van der Waals surface area (Å²) in [4.78, 5) is 0. The molecule has 108 valence electrons. The van der Waals surface area contributed by atoms with Crippen LogP contribution in [0.25, 0.3) is 0 Å². The summed E-state index contributed by atoms with van der Waals surface area (Å²) in [6.45, 7) is 3.84. The Kier molecular flexibility index (Phi) is 3.29. The third-order valence-corrected chi connectivity index (χ3v) is 3.63. The van der Waals surface area contributed by atoms with Crippen molar-refractivity contribution in [2.75, 3.05) is 7.11 Å². The number of ether oxygens (including phenoxy) is 2. The van der Waals surface area contributed by atoms with E-state index >= 15 is 0 Å². The van der Waals surface area contributed by atoms with E-state index in [-0.39, 0.29) is 6.10 Å². The molecule has 0 aromatic heterocycles. The van der Waals surface area contributed by atoms with Crippen molar-refractivity contribution < 1.29 is 14.2 Å². The number of rotatable bonds is 2. The van der Waals surface area contributed by atoms with E-state index in [4.69, 9.17) is 9.47 Å². The van der Waals surface area contributed by atoms with Gasteiger partial charge in [0.05, 0.1) is 7.11 Å². The molecule has 0 amide bonds. The van der Waals surface area contributed by atoms with E-state index in [1.54, 1.807) is 7.11 Å². The van der Waals surface area contributed by atoms with Gasteiger partial charge in [0, 0.05) is 11.6 Å². The minimum absolute atomic E-state index is 0.300. The first kappa shape index (κ1) is 13.5. The van der Waals surface area contributed by atoms with Crippen LogP contribution in [0.15, 0.2) is 42.5 Å². The highest BCUT2D eigenvalue weighted by Crippen LogP contribution is 2.33. The summed E-state index contributed by atoms with van der Waals surface area (Å²) in [6.07, 6.45) is -0.300. The van der Waals surface area contributed by atoms with Gasteiger partial charge in [-0.05, 0) is 49.7 Å². The van der Waals surface area contributed by atoms with Crippen molar-refractivity contribution in [3.05, 3.63) is 58.8 Å². The van der Waals surface area contributed by atoms with Crippen LogP contribution in [-0.4, -0.2) is 23.7 Å². The number of aryl methyl sites for hydroxylation is 1. The molecule has 2 aromatic carbocycles. The second kappa shape index (κ2) is 5.13. The second-order valence-corrected chi connectivity index (χ2v) is 5.14. The maximum atomic E-state index is 12.7. The number of methoxy groups -OCH3 is 1. The smallest absolute Gasteiger partial charge is 0.259 e. The Morgan fingerprint density at radius 2 is 1.86 bits per heavy atom. The summed E-state index contributed by atoms with van der Waals surface area (Å²) in [6, 6.07) is 13.1. The summed E-state index contributed by atoms with van der Waals surface area (Å²) in [5, 5.41) is 12.7. The number of hydrogen-bond donors (Lipinski definition) is 0. The molecule has 0 spiro atoms. The minimum Gasteiger partial charge on any atom is -0.618 e. The van der Waals surface area contributed by atoms with E-state index < -0.39 is 0 Å². The van der Waals surface area contributed by atoms with Crippen LogP contribution in [-0.2, 0) is 0 Å². The fraction of sp³-hybridized carbons (Fsp3) is 0.235. The normalized spacial score (nSPS) is 17.2. The average molecular weight is 283 g/mol. The number of fused-ring (bicyclic) bond motifs is 1. The van der Waals surface area contributed by atoms with Crippen molar-refractivity contribution in [1.82, 2.24) is 0 Å². The molecule has 1 aliphatic heterocycles. The predicted molar refractivity (Wildman–Crippen MR) is 81.7 cm³/mol. The van der Waals surface area contributed by atoms with Crippen LogP contribution < -0.4 is 9.47 Å². The molecule has 0 radical (unpaired) electrons. The largest absolute Gasteiger partial charge is 0.618 e. The van der Waals surface area contributed by atoms with Crippen molar-refractivity contribution in [3.8, 4) is 11.5 Å². The molecule has 0 fully saturated rings. The summed E-state index contributed by atoms with van der Waals surface area (Å²) in [7, 11) is 1.62. The molecule has 3 rings (SSSR count). The molecule has 2 aromatic rings. The van der Waals surface area contributed by atoms with Crippen molar-refractivity contribution in [2.24, 2.45) is 0 Å². The molecule has 0 N–H and O–H groups in total. The first-order valence-corrected chi connectivity index (χ1v) is 6.86. The van der Waals surface area contributed by atoms with Crippen LogP contribution in [0.3, 0.4) is 0 Å². The van der Waals surface area contributed by atoms with E-state index in [9.17, 15) is 5.21 Å². The Bertz CT molecular complexity index is 704. The summed E-state index contributed by atoms with van der Waals surface area (Å²) >= 11 is 0. The molecule has 1 aliphatic rings. The van der Waals surface area contributed by atoms with Crippen molar-refractivity contribution in [2.45, 2.75) is 20.0 Å². The SMILES string of the molecule is COc1ccc(C2=[N+]([O-])c3cc(C)ccc3OC2C)cc1. The zero-order valence-electron chi connectivity index (χ0n) is 12.3. The van der Waals surface area contributed by atoms with E-state index in [0.717, 1.165) is 21.6 Å². The van der Waals surface area contributed by atoms with Gasteiger partial charge in [0.25, 0.3) is 5.69 Å². The quantitative estimate of drug-likeness (QED) is 0.626. The van der Waals surface area contributed by atoms with E-state index in [0.29, 0.717) is 17.1 Å². The summed E-state index contributed by atoms with van der Waals surface area (Å²) in [5.74, 6) is 1.39. The van der Waals surface area contributed by atoms with Crippen LogP contribution in [0.4, 0.5) is 5.69 Å². The fourth-order valence-corrected chi connectivity index (χ4v) is 2.54. The first-order chi connectivity index (χ1) is 10.1. The van der Waals surface area contributed by atoms with E-state index in [1.807, 2.05) is 56.3 Å². The lowest BCUT2D eigenvalue weighted by Gasteiger charge is -2.24. The monoisotopic (exact) mass is 283 g/mol. The van der Waals surface area contributed by atoms with Gasteiger partial charge in [-0.1, -0.05) is 6.07 Å². The zero-order valence-corrected chi connectivity index (χ0v) is 12.3. The van der Waals surface area contributed by atoms with Crippen molar-refractivity contribution in [3.63, 3.8) is 0 Å². The predicted octanol–water partition coefficient (Wildman–Crippen LogP) is 3.42. The van der Waals surface area contributed by atoms with Gasteiger partial charge >= 0.3 is 0 Å². The molecule has 0 saturated heterocycles. The molecule has 0 aliphatic carbocycles. The maximum Gasteiger partial charge on any atom is 0.259 e. The highest BCUT2D eigenvalue weighted by atomic mass is 16.5. The van der Waals surface area contributed by atoms with Gasteiger partial charge in [-0.2, -0.15) is 4.74 Å². The van der Waals surface area contributed by atoms with Gasteiger partial charge in [0.15, 0.2) is 11.9 Å². The Hall–Kier alpha value is -2.49. The third-order valence-electron chi connectivity index (χ3n) is 3.63. The number of benzene rings is 2. The number of hydrogen-bond acceptors (Lipinski definition) is 3. The Morgan fingerprint density at radius 1 is 1.14 bits per heavy atom.